The molecule has 1 saturated carbocycles. The Bertz CT molecular complexity index is 557. The van der Waals surface area contributed by atoms with E-state index in [-0.39, 0.29) is 5.91 Å². The molecule has 1 aromatic carbocycles. The van der Waals surface area contributed by atoms with Gasteiger partial charge in [-0.2, -0.15) is 0 Å². The number of amides is 1. The number of hydrogen-bond acceptors (Lipinski definition) is 2. The molecule has 1 aliphatic carbocycles. The lowest BCUT2D eigenvalue weighted by Gasteiger charge is -2.06. The van der Waals surface area contributed by atoms with Crippen molar-refractivity contribution < 1.29 is 4.79 Å². The van der Waals surface area contributed by atoms with Crippen molar-refractivity contribution in [3.63, 3.8) is 0 Å². The highest BCUT2D eigenvalue weighted by Crippen LogP contribution is 2.17. The zero-order valence-corrected chi connectivity index (χ0v) is 10.2. The zero-order chi connectivity index (χ0) is 12.4. The number of aromatic nitrogens is 1. The van der Waals surface area contributed by atoms with Crippen LogP contribution in [0.15, 0.2) is 30.5 Å². The molecule has 0 unspecified atom stereocenters. The second kappa shape index (κ2) is 4.82. The van der Waals surface area contributed by atoms with Crippen LogP contribution in [0.1, 0.15) is 23.2 Å². The summed E-state index contributed by atoms with van der Waals surface area (Å²) in [4.78, 5) is 15.0. The lowest BCUT2D eigenvalue weighted by atomic mass is 10.1. The summed E-state index contributed by atoms with van der Waals surface area (Å²) in [6.07, 6.45) is 4.43. The molecule has 0 aliphatic heterocycles. The minimum absolute atomic E-state index is 0.00398. The Morgan fingerprint density at radius 2 is 2.17 bits per heavy atom. The maximum Gasteiger partial charge on any atom is 0.251 e. The van der Waals surface area contributed by atoms with Crippen LogP contribution in [0.3, 0.4) is 0 Å². The predicted molar refractivity (Wildman–Crippen MR) is 71.7 cm³/mol. The van der Waals surface area contributed by atoms with Gasteiger partial charge in [0.05, 0.1) is 0 Å². The van der Waals surface area contributed by atoms with Crippen LogP contribution < -0.4 is 10.6 Å². The van der Waals surface area contributed by atoms with E-state index in [1.54, 1.807) is 0 Å². The quantitative estimate of drug-likeness (QED) is 0.699. The van der Waals surface area contributed by atoms with Gasteiger partial charge in [0.15, 0.2) is 0 Å². The van der Waals surface area contributed by atoms with E-state index >= 15 is 0 Å². The minimum atomic E-state index is -0.00398. The Kier molecular flexibility index (Phi) is 3.02. The number of rotatable bonds is 5. The van der Waals surface area contributed by atoms with Gasteiger partial charge in [-0.1, -0.05) is 0 Å². The van der Waals surface area contributed by atoms with Gasteiger partial charge in [-0.05, 0) is 37.1 Å². The van der Waals surface area contributed by atoms with E-state index in [9.17, 15) is 4.79 Å². The van der Waals surface area contributed by atoms with E-state index in [1.165, 1.54) is 12.8 Å². The Labute approximate surface area is 106 Å². The molecular weight excluding hydrogens is 226 g/mol. The first-order valence-corrected chi connectivity index (χ1v) is 6.42. The van der Waals surface area contributed by atoms with Gasteiger partial charge in [-0.3, -0.25) is 4.79 Å². The van der Waals surface area contributed by atoms with Crippen LogP contribution in [-0.2, 0) is 0 Å². The first kappa shape index (κ1) is 11.3. The molecule has 1 aromatic heterocycles. The van der Waals surface area contributed by atoms with Crippen molar-refractivity contribution in [2.75, 3.05) is 13.1 Å². The second-order valence-corrected chi connectivity index (χ2v) is 4.76. The fourth-order valence-electron chi connectivity index (χ4n) is 2.04. The molecule has 0 spiro atoms. The van der Waals surface area contributed by atoms with E-state index in [4.69, 9.17) is 0 Å². The maximum atomic E-state index is 11.9. The Balaban J connectivity index is 1.56. The SMILES string of the molecule is O=C(NCCNC1CC1)c1ccc2[nH]ccc2c1. The molecule has 94 valence electrons. The van der Waals surface area contributed by atoms with Gasteiger partial charge in [0.1, 0.15) is 0 Å². The summed E-state index contributed by atoms with van der Waals surface area (Å²) in [7, 11) is 0. The molecule has 0 atom stereocenters. The van der Waals surface area contributed by atoms with Crippen LogP contribution in [0.25, 0.3) is 10.9 Å². The summed E-state index contributed by atoms with van der Waals surface area (Å²) >= 11 is 0. The van der Waals surface area contributed by atoms with Crippen molar-refractivity contribution in [3.8, 4) is 0 Å². The van der Waals surface area contributed by atoms with Crippen LogP contribution in [0.5, 0.6) is 0 Å². The fraction of sp³-hybridized carbons (Fsp3) is 0.357. The van der Waals surface area contributed by atoms with Gasteiger partial charge in [0.2, 0.25) is 0 Å². The molecule has 0 bridgehead atoms. The number of benzene rings is 1. The van der Waals surface area contributed by atoms with Gasteiger partial charge in [0.25, 0.3) is 5.91 Å². The van der Waals surface area contributed by atoms with E-state index in [1.807, 2.05) is 30.5 Å². The molecule has 3 N–H and O–H groups in total. The molecule has 1 heterocycles. The molecule has 0 radical (unpaired) electrons. The Hall–Kier alpha value is -1.81. The summed E-state index contributed by atoms with van der Waals surface area (Å²) in [5.74, 6) is -0.00398. The molecule has 4 heteroatoms. The number of nitrogens with one attached hydrogen (secondary N) is 3. The summed E-state index contributed by atoms with van der Waals surface area (Å²) in [5, 5.41) is 7.36. The summed E-state index contributed by atoms with van der Waals surface area (Å²) in [5.41, 5.74) is 1.77. The number of H-pyrrole nitrogens is 1. The van der Waals surface area contributed by atoms with Gasteiger partial charge in [-0.25, -0.2) is 0 Å². The third-order valence-corrected chi connectivity index (χ3v) is 3.24. The van der Waals surface area contributed by atoms with E-state index < -0.39 is 0 Å². The van der Waals surface area contributed by atoms with Crippen LogP contribution in [0.2, 0.25) is 0 Å². The van der Waals surface area contributed by atoms with Crippen LogP contribution >= 0.6 is 0 Å². The average Bonchev–Trinajstić information content (AvgIpc) is 3.09. The number of aromatic amines is 1. The lowest BCUT2D eigenvalue weighted by molar-refractivity contribution is 0.0954. The van der Waals surface area contributed by atoms with Crippen LogP contribution in [0.4, 0.5) is 0 Å². The maximum absolute atomic E-state index is 11.9. The topological polar surface area (TPSA) is 56.9 Å². The van der Waals surface area contributed by atoms with Crippen molar-refractivity contribution >= 4 is 16.8 Å². The zero-order valence-electron chi connectivity index (χ0n) is 10.2. The van der Waals surface area contributed by atoms with E-state index in [2.05, 4.69) is 15.6 Å². The standard InChI is InChI=1S/C14H17N3O/c18-14(17-8-7-15-12-2-3-12)11-1-4-13-10(9-11)5-6-16-13/h1,4-6,9,12,15-16H,2-3,7-8H2,(H,17,18). The fourth-order valence-corrected chi connectivity index (χ4v) is 2.04. The van der Waals surface area contributed by atoms with Crippen LogP contribution in [0, 0.1) is 0 Å². The molecule has 1 aliphatic rings. The molecule has 0 saturated heterocycles. The normalized spacial score (nSPS) is 14.9. The Morgan fingerprint density at radius 1 is 1.28 bits per heavy atom. The van der Waals surface area contributed by atoms with Crippen molar-refractivity contribution in [2.24, 2.45) is 0 Å². The van der Waals surface area contributed by atoms with Crippen molar-refractivity contribution in [1.29, 1.82) is 0 Å². The van der Waals surface area contributed by atoms with Gasteiger partial charge < -0.3 is 15.6 Å². The first-order valence-electron chi connectivity index (χ1n) is 6.42. The highest BCUT2D eigenvalue weighted by molar-refractivity contribution is 5.98. The van der Waals surface area contributed by atoms with Crippen molar-refractivity contribution in [1.82, 2.24) is 15.6 Å². The predicted octanol–water partition coefficient (Wildman–Crippen LogP) is 1.65. The smallest absolute Gasteiger partial charge is 0.251 e. The third-order valence-electron chi connectivity index (χ3n) is 3.24. The largest absolute Gasteiger partial charge is 0.361 e. The number of fused-ring (bicyclic) bond motifs is 1. The first-order chi connectivity index (χ1) is 8.83. The number of hydrogen-bond donors (Lipinski definition) is 3. The molecule has 18 heavy (non-hydrogen) atoms. The second-order valence-electron chi connectivity index (χ2n) is 4.76. The molecule has 3 rings (SSSR count). The highest BCUT2D eigenvalue weighted by atomic mass is 16.1. The van der Waals surface area contributed by atoms with Crippen LogP contribution in [-0.4, -0.2) is 30.0 Å². The molecule has 1 amide bonds. The molecule has 2 aromatic rings. The summed E-state index contributed by atoms with van der Waals surface area (Å²) in [6.45, 7) is 1.53. The number of carbonyl (C=O) groups is 1. The highest BCUT2D eigenvalue weighted by Gasteiger charge is 2.19. The Morgan fingerprint density at radius 3 is 3.00 bits per heavy atom. The molecule has 4 nitrogen and oxygen atoms in total. The third kappa shape index (κ3) is 2.54. The molecular formula is C14H17N3O. The monoisotopic (exact) mass is 243 g/mol. The summed E-state index contributed by atoms with van der Waals surface area (Å²) < 4.78 is 0. The van der Waals surface area contributed by atoms with Gasteiger partial charge in [-0.15, -0.1) is 0 Å². The van der Waals surface area contributed by atoms with Crippen molar-refractivity contribution in [3.05, 3.63) is 36.0 Å². The summed E-state index contributed by atoms with van der Waals surface area (Å²) in [6, 6.07) is 8.36. The average molecular weight is 243 g/mol. The lowest BCUT2D eigenvalue weighted by Crippen LogP contribution is -2.32. The van der Waals surface area contributed by atoms with Crippen molar-refractivity contribution in [2.45, 2.75) is 18.9 Å². The van der Waals surface area contributed by atoms with E-state index in [0.29, 0.717) is 18.2 Å². The van der Waals surface area contributed by atoms with Gasteiger partial charge >= 0.3 is 0 Å². The van der Waals surface area contributed by atoms with Gasteiger partial charge in [0, 0.05) is 41.8 Å². The minimum Gasteiger partial charge on any atom is -0.361 e. The number of carbonyl (C=O) groups excluding carboxylic acids is 1. The van der Waals surface area contributed by atoms with E-state index in [0.717, 1.165) is 17.4 Å². The molecule has 1 fully saturated rings.